The number of ether oxygens (including phenoxy) is 2. The Hall–Kier alpha value is -3.07. The van der Waals surface area contributed by atoms with E-state index in [1.165, 1.54) is 11.8 Å². The second kappa shape index (κ2) is 10.6. The molecule has 9 heteroatoms. The molecular weight excluding hydrogens is 402 g/mol. The Labute approximate surface area is 180 Å². The van der Waals surface area contributed by atoms with Crippen molar-refractivity contribution in [1.29, 1.82) is 0 Å². The standard InChI is InChI=1S/C21H25N5O3S/c1-4-26-20(15-9-11-22-12-10-15)24-25-21(26)30-14-19(27)23-17-13-16(28-5-2)7-8-18(17)29-6-3/h7-13H,4-6,14H2,1-3H3,(H,23,27). The Morgan fingerprint density at radius 1 is 1.07 bits per heavy atom. The van der Waals surface area contributed by atoms with Gasteiger partial charge in [0, 0.05) is 30.6 Å². The zero-order valence-corrected chi connectivity index (χ0v) is 18.1. The van der Waals surface area contributed by atoms with Crippen LogP contribution in [0.4, 0.5) is 5.69 Å². The van der Waals surface area contributed by atoms with Crippen LogP contribution in [0.15, 0.2) is 47.9 Å². The number of carbonyl (C=O) groups excluding carboxylic acids is 1. The first kappa shape index (κ1) is 21.6. The molecule has 30 heavy (non-hydrogen) atoms. The quantitative estimate of drug-likeness (QED) is 0.491. The largest absolute Gasteiger partial charge is 0.494 e. The SMILES string of the molecule is CCOc1ccc(OCC)c(NC(=O)CSc2nnc(-c3ccncc3)n2CC)c1. The maximum Gasteiger partial charge on any atom is 0.234 e. The van der Waals surface area contributed by atoms with Crippen LogP contribution >= 0.6 is 11.8 Å². The van der Waals surface area contributed by atoms with Crippen LogP contribution in [-0.2, 0) is 11.3 Å². The minimum absolute atomic E-state index is 0.161. The van der Waals surface area contributed by atoms with Gasteiger partial charge in [0.1, 0.15) is 11.5 Å². The molecule has 0 aliphatic carbocycles. The summed E-state index contributed by atoms with van der Waals surface area (Å²) in [5.41, 5.74) is 1.52. The molecular formula is C21H25N5O3S. The zero-order valence-electron chi connectivity index (χ0n) is 17.3. The number of rotatable bonds is 10. The summed E-state index contributed by atoms with van der Waals surface area (Å²) >= 11 is 1.34. The molecule has 1 aromatic carbocycles. The van der Waals surface area contributed by atoms with Gasteiger partial charge in [-0.2, -0.15) is 0 Å². The molecule has 0 fully saturated rings. The fourth-order valence-corrected chi connectivity index (χ4v) is 3.66. The highest BCUT2D eigenvalue weighted by Crippen LogP contribution is 2.30. The molecule has 0 aliphatic heterocycles. The van der Waals surface area contributed by atoms with Crippen molar-refractivity contribution in [3.63, 3.8) is 0 Å². The normalized spacial score (nSPS) is 10.6. The van der Waals surface area contributed by atoms with Crippen molar-refractivity contribution in [3.05, 3.63) is 42.7 Å². The lowest BCUT2D eigenvalue weighted by Gasteiger charge is -2.13. The first-order valence-corrected chi connectivity index (χ1v) is 10.8. The van der Waals surface area contributed by atoms with E-state index in [-0.39, 0.29) is 11.7 Å². The first-order chi connectivity index (χ1) is 14.7. The van der Waals surface area contributed by atoms with Gasteiger partial charge in [0.25, 0.3) is 0 Å². The smallest absolute Gasteiger partial charge is 0.234 e. The number of pyridine rings is 1. The molecule has 0 aliphatic rings. The van der Waals surface area contributed by atoms with Gasteiger partial charge < -0.3 is 19.4 Å². The lowest BCUT2D eigenvalue weighted by Crippen LogP contribution is -2.15. The van der Waals surface area contributed by atoms with Crippen LogP contribution in [0.1, 0.15) is 20.8 Å². The topological polar surface area (TPSA) is 91.2 Å². The molecule has 1 amide bonds. The van der Waals surface area contributed by atoms with Gasteiger partial charge in [0.2, 0.25) is 5.91 Å². The van der Waals surface area contributed by atoms with Crippen LogP contribution in [-0.4, -0.2) is 44.6 Å². The predicted octanol–water partition coefficient (Wildman–Crippen LogP) is 3.89. The lowest BCUT2D eigenvalue weighted by atomic mass is 10.2. The second-order valence-corrected chi connectivity index (χ2v) is 7.09. The number of hydrogen-bond acceptors (Lipinski definition) is 7. The average Bonchev–Trinajstić information content (AvgIpc) is 3.18. The monoisotopic (exact) mass is 427 g/mol. The van der Waals surface area contributed by atoms with E-state index in [9.17, 15) is 4.79 Å². The van der Waals surface area contributed by atoms with Crippen molar-refractivity contribution in [1.82, 2.24) is 19.7 Å². The molecule has 0 spiro atoms. The summed E-state index contributed by atoms with van der Waals surface area (Å²) in [5.74, 6) is 2.07. The van der Waals surface area contributed by atoms with Crippen molar-refractivity contribution in [3.8, 4) is 22.9 Å². The third kappa shape index (κ3) is 5.29. The highest BCUT2D eigenvalue weighted by atomic mass is 32.2. The van der Waals surface area contributed by atoms with Crippen molar-refractivity contribution in [2.75, 3.05) is 24.3 Å². The summed E-state index contributed by atoms with van der Waals surface area (Å²) in [6, 6.07) is 9.16. The van der Waals surface area contributed by atoms with Crippen LogP contribution in [0.2, 0.25) is 0 Å². The van der Waals surface area contributed by atoms with Crippen LogP contribution in [0.5, 0.6) is 11.5 Å². The fourth-order valence-electron chi connectivity index (χ4n) is 2.86. The molecule has 8 nitrogen and oxygen atoms in total. The lowest BCUT2D eigenvalue weighted by molar-refractivity contribution is -0.113. The van der Waals surface area contributed by atoms with Gasteiger partial charge in [0.15, 0.2) is 11.0 Å². The maximum absolute atomic E-state index is 12.6. The third-order valence-electron chi connectivity index (χ3n) is 4.14. The fraction of sp³-hybridized carbons (Fsp3) is 0.333. The molecule has 1 N–H and O–H groups in total. The molecule has 2 heterocycles. The van der Waals surface area contributed by atoms with Gasteiger partial charge in [-0.3, -0.25) is 9.78 Å². The number of hydrogen-bond donors (Lipinski definition) is 1. The summed E-state index contributed by atoms with van der Waals surface area (Å²) < 4.78 is 13.1. The Kier molecular flexibility index (Phi) is 7.67. The number of anilines is 1. The van der Waals surface area contributed by atoms with E-state index in [1.807, 2.05) is 43.5 Å². The molecule has 0 atom stereocenters. The molecule has 3 rings (SSSR count). The Bertz CT molecular complexity index is 978. The highest BCUT2D eigenvalue weighted by molar-refractivity contribution is 7.99. The third-order valence-corrected chi connectivity index (χ3v) is 5.11. The van der Waals surface area contributed by atoms with E-state index in [0.717, 1.165) is 11.4 Å². The summed E-state index contributed by atoms with van der Waals surface area (Å²) in [6.07, 6.45) is 3.44. The number of thioether (sulfide) groups is 1. The van der Waals surface area contributed by atoms with E-state index < -0.39 is 0 Å². The molecule has 0 bridgehead atoms. The summed E-state index contributed by atoms with van der Waals surface area (Å²) in [7, 11) is 0. The van der Waals surface area contributed by atoms with E-state index in [0.29, 0.717) is 42.1 Å². The molecule has 2 aromatic heterocycles. The van der Waals surface area contributed by atoms with Gasteiger partial charge >= 0.3 is 0 Å². The van der Waals surface area contributed by atoms with Gasteiger partial charge in [-0.15, -0.1) is 10.2 Å². The number of carbonyl (C=O) groups is 1. The second-order valence-electron chi connectivity index (χ2n) is 6.15. The van der Waals surface area contributed by atoms with Crippen molar-refractivity contribution < 1.29 is 14.3 Å². The Morgan fingerprint density at radius 2 is 1.83 bits per heavy atom. The summed E-state index contributed by atoms with van der Waals surface area (Å²) in [6.45, 7) is 7.57. The Balaban J connectivity index is 1.69. The number of benzene rings is 1. The minimum atomic E-state index is -0.161. The van der Waals surface area contributed by atoms with E-state index in [4.69, 9.17) is 9.47 Å². The van der Waals surface area contributed by atoms with Crippen LogP contribution in [0.3, 0.4) is 0 Å². The first-order valence-electron chi connectivity index (χ1n) is 9.82. The van der Waals surface area contributed by atoms with E-state index >= 15 is 0 Å². The number of amides is 1. The van der Waals surface area contributed by atoms with Gasteiger partial charge in [-0.05, 0) is 45.0 Å². The van der Waals surface area contributed by atoms with Crippen molar-refractivity contribution >= 4 is 23.4 Å². The number of aromatic nitrogens is 4. The maximum atomic E-state index is 12.6. The molecule has 0 radical (unpaired) electrons. The van der Waals surface area contributed by atoms with Crippen LogP contribution < -0.4 is 14.8 Å². The van der Waals surface area contributed by atoms with Gasteiger partial charge in [-0.1, -0.05) is 11.8 Å². The summed E-state index contributed by atoms with van der Waals surface area (Å²) in [4.78, 5) is 16.6. The molecule has 0 saturated carbocycles. The molecule has 3 aromatic rings. The zero-order chi connectivity index (χ0) is 21.3. The van der Waals surface area contributed by atoms with Crippen LogP contribution in [0.25, 0.3) is 11.4 Å². The number of nitrogens with one attached hydrogen (secondary N) is 1. The number of nitrogens with zero attached hydrogens (tertiary/aromatic N) is 4. The van der Waals surface area contributed by atoms with Crippen LogP contribution in [0, 0.1) is 0 Å². The minimum Gasteiger partial charge on any atom is -0.494 e. The summed E-state index contributed by atoms with van der Waals surface area (Å²) in [5, 5.41) is 12.1. The average molecular weight is 428 g/mol. The van der Waals surface area contributed by atoms with Gasteiger partial charge in [-0.25, -0.2) is 0 Å². The Morgan fingerprint density at radius 3 is 2.53 bits per heavy atom. The van der Waals surface area contributed by atoms with Crippen molar-refractivity contribution in [2.45, 2.75) is 32.5 Å². The van der Waals surface area contributed by atoms with E-state index in [2.05, 4.69) is 20.5 Å². The molecule has 0 saturated heterocycles. The molecule has 0 unspecified atom stereocenters. The van der Waals surface area contributed by atoms with Gasteiger partial charge in [0.05, 0.1) is 24.7 Å². The van der Waals surface area contributed by atoms with Crippen molar-refractivity contribution in [2.24, 2.45) is 0 Å². The molecule has 158 valence electrons. The predicted molar refractivity (Wildman–Crippen MR) is 117 cm³/mol. The highest BCUT2D eigenvalue weighted by Gasteiger charge is 2.16. The van der Waals surface area contributed by atoms with E-state index in [1.54, 1.807) is 24.5 Å².